The first kappa shape index (κ1) is 20.1. The van der Waals surface area contributed by atoms with Gasteiger partial charge in [-0.25, -0.2) is 17.2 Å². The maximum Gasteiger partial charge on any atom is 0.180 e. The van der Waals surface area contributed by atoms with Gasteiger partial charge in [0.1, 0.15) is 29.1 Å². The Morgan fingerprint density at radius 2 is 1.74 bits per heavy atom. The molecule has 6 fully saturated rings. The first-order valence-corrected chi connectivity index (χ1v) is 13.4. The third-order valence-corrected chi connectivity index (χ3v) is 10.3. The Kier molecular flexibility index (Phi) is 4.38. The molecule has 2 atom stereocenters. The van der Waals surface area contributed by atoms with Crippen LogP contribution in [0.3, 0.4) is 0 Å². The molecule has 1 aromatic rings. The van der Waals surface area contributed by atoms with Crippen LogP contribution in [0.25, 0.3) is 0 Å². The van der Waals surface area contributed by atoms with E-state index in [1.165, 1.54) is 12.1 Å². The number of Topliss-reactive ketones (excluding diaryl/α,β-unsaturated/α-hetero) is 1. The largest absolute Gasteiger partial charge is 0.489 e. The predicted molar refractivity (Wildman–Crippen MR) is 111 cm³/mol. The van der Waals surface area contributed by atoms with Crippen LogP contribution in [0.4, 0.5) is 8.78 Å². The molecule has 0 N–H and O–H groups in total. The van der Waals surface area contributed by atoms with Crippen molar-refractivity contribution in [2.45, 2.75) is 80.7 Å². The van der Waals surface area contributed by atoms with Crippen LogP contribution in [-0.2, 0) is 9.84 Å². The van der Waals surface area contributed by atoms with Gasteiger partial charge in [-0.05, 0) is 93.1 Å². The van der Waals surface area contributed by atoms with Crippen molar-refractivity contribution >= 4 is 15.6 Å². The van der Waals surface area contributed by atoms with Crippen LogP contribution in [0.15, 0.2) is 12.1 Å². The number of ether oxygens (including phenoxy) is 1. The fraction of sp³-hybridized carbons (Fsp3) is 0.708. The van der Waals surface area contributed by atoms with Crippen molar-refractivity contribution in [2.24, 2.45) is 17.8 Å². The number of rotatable bonds is 7. The van der Waals surface area contributed by atoms with Gasteiger partial charge in [-0.2, -0.15) is 0 Å². The molecule has 31 heavy (non-hydrogen) atoms. The predicted octanol–water partition coefficient (Wildman–Crippen LogP) is 4.76. The molecule has 1 aromatic carbocycles. The zero-order chi connectivity index (χ0) is 21.5. The molecule has 4 bridgehead atoms. The van der Waals surface area contributed by atoms with E-state index in [2.05, 4.69) is 0 Å². The smallest absolute Gasteiger partial charge is 0.180 e. The number of carbonyl (C=O) groups is 1. The van der Waals surface area contributed by atoms with Gasteiger partial charge in [0.25, 0.3) is 0 Å². The second kappa shape index (κ2) is 6.75. The van der Waals surface area contributed by atoms with Crippen molar-refractivity contribution in [3.8, 4) is 5.75 Å². The average Bonchev–Trinajstić information content (AvgIpc) is 3.55. The summed E-state index contributed by atoms with van der Waals surface area (Å²) in [5.74, 6) is -0.583. The number of carbonyl (C=O) groups excluding carboxylic acids is 1. The third kappa shape index (κ3) is 3.61. The standard InChI is InChI=1S/C24H28F2O4S/c25-20-8-22(30-23-15-5-13-6-16(23)11-24(26,9-13)10-15)18(14-1-2-14)7-19(20)21(27)12-31(28,29)17-3-4-17/h7-8,13-17,23H,1-6,9-12H2. The van der Waals surface area contributed by atoms with Crippen molar-refractivity contribution in [1.82, 2.24) is 0 Å². The molecule has 0 aliphatic heterocycles. The minimum Gasteiger partial charge on any atom is -0.489 e. The molecule has 0 heterocycles. The van der Waals surface area contributed by atoms with Crippen LogP contribution in [-0.4, -0.2) is 37.0 Å². The summed E-state index contributed by atoms with van der Waals surface area (Å²) in [6, 6.07) is 2.81. The topological polar surface area (TPSA) is 60.4 Å². The second-order valence-electron chi connectivity index (χ2n) is 10.8. The summed E-state index contributed by atoms with van der Waals surface area (Å²) >= 11 is 0. The van der Waals surface area contributed by atoms with E-state index in [1.807, 2.05) is 0 Å². The van der Waals surface area contributed by atoms with Gasteiger partial charge in [0.2, 0.25) is 0 Å². The van der Waals surface area contributed by atoms with Gasteiger partial charge in [0.15, 0.2) is 15.6 Å². The molecule has 4 nitrogen and oxygen atoms in total. The van der Waals surface area contributed by atoms with Crippen LogP contribution in [0.1, 0.15) is 79.6 Å². The lowest BCUT2D eigenvalue weighted by molar-refractivity contribution is -0.134. The van der Waals surface area contributed by atoms with Crippen molar-refractivity contribution < 1.29 is 26.7 Å². The van der Waals surface area contributed by atoms with Gasteiger partial charge in [-0.3, -0.25) is 4.79 Å². The molecule has 0 spiro atoms. The number of sulfone groups is 1. The molecule has 0 amide bonds. The molecule has 0 radical (unpaired) electrons. The molecule has 0 aromatic heterocycles. The highest BCUT2D eigenvalue weighted by molar-refractivity contribution is 7.93. The summed E-state index contributed by atoms with van der Waals surface area (Å²) in [6.07, 6.45) is 6.65. The van der Waals surface area contributed by atoms with Crippen LogP contribution in [0.5, 0.6) is 5.75 Å². The van der Waals surface area contributed by atoms with Crippen LogP contribution in [0, 0.1) is 23.6 Å². The molecule has 7 rings (SSSR count). The maximum atomic E-state index is 15.0. The van der Waals surface area contributed by atoms with E-state index in [4.69, 9.17) is 4.74 Å². The zero-order valence-corrected chi connectivity index (χ0v) is 18.3. The molecular weight excluding hydrogens is 422 g/mol. The molecule has 2 unspecified atom stereocenters. The zero-order valence-electron chi connectivity index (χ0n) is 17.5. The van der Waals surface area contributed by atoms with Gasteiger partial charge in [0, 0.05) is 6.07 Å². The molecule has 6 aliphatic carbocycles. The van der Waals surface area contributed by atoms with E-state index in [0.29, 0.717) is 43.8 Å². The van der Waals surface area contributed by atoms with E-state index in [1.54, 1.807) is 0 Å². The summed E-state index contributed by atoms with van der Waals surface area (Å²) in [5, 5.41) is -0.444. The lowest BCUT2D eigenvalue weighted by atomic mass is 9.53. The SMILES string of the molecule is O=C(CS(=O)(=O)C1CC1)c1cc(C2CC2)c(OC2C3CC4CC2CC(F)(C4)C3)cc1F. The Bertz CT molecular complexity index is 1030. The summed E-state index contributed by atoms with van der Waals surface area (Å²) in [4.78, 5) is 12.6. The summed E-state index contributed by atoms with van der Waals surface area (Å²) < 4.78 is 60.8. The number of hydrogen-bond donors (Lipinski definition) is 0. The monoisotopic (exact) mass is 450 g/mol. The summed E-state index contributed by atoms with van der Waals surface area (Å²) in [6.45, 7) is 0. The Balaban J connectivity index is 1.27. The molecule has 168 valence electrons. The maximum absolute atomic E-state index is 15.0. The van der Waals surface area contributed by atoms with Crippen LogP contribution >= 0.6 is 0 Å². The van der Waals surface area contributed by atoms with E-state index < -0.39 is 38.1 Å². The Morgan fingerprint density at radius 1 is 1.06 bits per heavy atom. The van der Waals surface area contributed by atoms with Crippen LogP contribution < -0.4 is 4.74 Å². The number of benzene rings is 1. The fourth-order valence-electron chi connectivity index (χ4n) is 6.62. The van der Waals surface area contributed by atoms with Crippen molar-refractivity contribution in [3.63, 3.8) is 0 Å². The molecular formula is C24H28F2O4S. The Labute approximate surface area is 181 Å². The van der Waals surface area contributed by atoms with Crippen molar-refractivity contribution in [2.75, 3.05) is 5.75 Å². The lowest BCUT2D eigenvalue weighted by Gasteiger charge is -2.56. The lowest BCUT2D eigenvalue weighted by Crippen LogP contribution is -2.56. The first-order valence-electron chi connectivity index (χ1n) is 11.6. The fourth-order valence-corrected chi connectivity index (χ4v) is 8.23. The van der Waals surface area contributed by atoms with E-state index in [-0.39, 0.29) is 29.4 Å². The minimum atomic E-state index is -3.50. The third-order valence-electron chi connectivity index (χ3n) is 8.16. The van der Waals surface area contributed by atoms with Crippen molar-refractivity contribution in [1.29, 1.82) is 0 Å². The molecule has 6 saturated carbocycles. The summed E-state index contributed by atoms with van der Waals surface area (Å²) in [5.41, 5.74) is -0.395. The first-order chi connectivity index (χ1) is 14.7. The van der Waals surface area contributed by atoms with E-state index in [9.17, 15) is 17.6 Å². The number of halogens is 2. The number of ketones is 1. The highest BCUT2D eigenvalue weighted by Gasteiger charge is 2.57. The molecule has 0 saturated heterocycles. The number of alkyl halides is 1. The quantitative estimate of drug-likeness (QED) is 0.562. The van der Waals surface area contributed by atoms with E-state index >= 15 is 4.39 Å². The normalized spacial score (nSPS) is 36.6. The van der Waals surface area contributed by atoms with Crippen molar-refractivity contribution in [3.05, 3.63) is 29.1 Å². The number of hydrogen-bond acceptors (Lipinski definition) is 4. The molecule has 7 heteroatoms. The Morgan fingerprint density at radius 3 is 2.32 bits per heavy atom. The summed E-state index contributed by atoms with van der Waals surface area (Å²) in [7, 11) is -3.50. The minimum absolute atomic E-state index is 0.103. The van der Waals surface area contributed by atoms with Crippen LogP contribution in [0.2, 0.25) is 0 Å². The van der Waals surface area contributed by atoms with E-state index in [0.717, 1.165) is 31.2 Å². The second-order valence-corrected chi connectivity index (χ2v) is 13.1. The van der Waals surface area contributed by atoms with Gasteiger partial charge < -0.3 is 4.74 Å². The molecule has 6 aliphatic rings. The van der Waals surface area contributed by atoms with Gasteiger partial charge in [-0.15, -0.1) is 0 Å². The average molecular weight is 451 g/mol. The van der Waals surface area contributed by atoms with Gasteiger partial charge >= 0.3 is 0 Å². The highest BCUT2D eigenvalue weighted by atomic mass is 32.2. The Hall–Kier alpha value is -1.50. The van der Waals surface area contributed by atoms with Gasteiger partial charge in [0.05, 0.1) is 10.8 Å². The van der Waals surface area contributed by atoms with Gasteiger partial charge in [-0.1, -0.05) is 0 Å². The highest BCUT2D eigenvalue weighted by Crippen LogP contribution is 2.58.